The molecule has 212 valence electrons. The highest BCUT2D eigenvalue weighted by molar-refractivity contribution is 5.87. The monoisotopic (exact) mass is 552 g/mol. The van der Waals surface area contributed by atoms with Gasteiger partial charge in [-0.15, -0.1) is 0 Å². The summed E-state index contributed by atoms with van der Waals surface area (Å²) in [5.74, 6) is 3.81. The van der Waals surface area contributed by atoms with E-state index < -0.39 is 0 Å². The molecule has 41 heavy (non-hydrogen) atoms. The van der Waals surface area contributed by atoms with Gasteiger partial charge >= 0.3 is 0 Å². The van der Waals surface area contributed by atoms with E-state index in [9.17, 15) is 0 Å². The number of hydrogen-bond acceptors (Lipinski definition) is 9. The molecule has 0 aliphatic carbocycles. The van der Waals surface area contributed by atoms with Crippen molar-refractivity contribution >= 4 is 16.9 Å². The highest BCUT2D eigenvalue weighted by Gasteiger charge is 2.26. The second-order valence-electron chi connectivity index (χ2n) is 10.1. The van der Waals surface area contributed by atoms with Crippen molar-refractivity contribution in [2.24, 2.45) is 5.92 Å². The number of hydrogen-bond donors (Lipinski definition) is 1. The Labute approximate surface area is 240 Å². The number of nitrogen functional groups attached to an aromatic ring is 1. The summed E-state index contributed by atoms with van der Waals surface area (Å²) in [5.41, 5.74) is 11.5. The topological polar surface area (TPSA) is 117 Å². The van der Waals surface area contributed by atoms with E-state index in [1.807, 2.05) is 74.8 Å². The van der Waals surface area contributed by atoms with E-state index in [1.54, 1.807) is 12.4 Å². The number of rotatable bonds is 8. The minimum absolute atomic E-state index is 0.377. The van der Waals surface area contributed by atoms with Crippen molar-refractivity contribution in [1.29, 1.82) is 0 Å². The predicted molar refractivity (Wildman–Crippen MR) is 159 cm³/mol. The van der Waals surface area contributed by atoms with Crippen molar-refractivity contribution in [2.75, 3.05) is 25.9 Å². The fourth-order valence-corrected chi connectivity index (χ4v) is 4.89. The van der Waals surface area contributed by atoms with Gasteiger partial charge < -0.3 is 20.1 Å². The van der Waals surface area contributed by atoms with Gasteiger partial charge in [0.25, 0.3) is 0 Å². The smallest absolute Gasteiger partial charge is 0.153 e. The third kappa shape index (κ3) is 6.44. The third-order valence-corrected chi connectivity index (χ3v) is 6.76. The number of anilines is 1. The molecule has 0 bridgehead atoms. The van der Waals surface area contributed by atoms with E-state index in [0.29, 0.717) is 35.6 Å². The van der Waals surface area contributed by atoms with E-state index in [2.05, 4.69) is 31.9 Å². The van der Waals surface area contributed by atoms with Gasteiger partial charge in [-0.25, -0.2) is 24.6 Å². The Kier molecular flexibility index (Phi) is 8.39. The molecule has 1 aliphatic rings. The maximum absolute atomic E-state index is 6.27. The highest BCUT2D eigenvalue weighted by atomic mass is 16.5. The first-order valence-electron chi connectivity index (χ1n) is 13.9. The van der Waals surface area contributed by atoms with Crippen LogP contribution in [0.5, 0.6) is 17.2 Å². The standard InChI is InChI=1S/C29H30N8O2.C2H6/c1-18-8-24(38-16-21-12-31-19(2)32-13-21)11-25(9-18)39-23-6-4-22(5-7-23)37-28-27(33-17-34-29(28)30)26(35-37)10-20-14-36(3)15-20;1-2/h4-9,11-13,17,20H,10,14-16H2,1-3H3,(H2,30,33,34);1-2H3. The normalized spacial score (nSPS) is 13.4. The number of likely N-dealkylation sites (tertiary alicyclic amines) is 1. The van der Waals surface area contributed by atoms with E-state index >= 15 is 0 Å². The summed E-state index contributed by atoms with van der Waals surface area (Å²) < 4.78 is 14.0. The first kappa shape index (κ1) is 28.0. The van der Waals surface area contributed by atoms with Crippen molar-refractivity contribution in [2.45, 2.75) is 40.7 Å². The zero-order valence-electron chi connectivity index (χ0n) is 24.2. The number of ether oxygens (including phenoxy) is 2. The molecule has 2 N–H and O–H groups in total. The van der Waals surface area contributed by atoms with Crippen LogP contribution in [0.2, 0.25) is 0 Å². The van der Waals surface area contributed by atoms with E-state index in [4.69, 9.17) is 20.3 Å². The van der Waals surface area contributed by atoms with Gasteiger partial charge in [0, 0.05) is 37.1 Å². The van der Waals surface area contributed by atoms with Crippen LogP contribution in [0.25, 0.3) is 16.7 Å². The summed E-state index contributed by atoms with van der Waals surface area (Å²) in [5, 5.41) is 4.90. The number of nitrogens with two attached hydrogens (primary N) is 1. The van der Waals surface area contributed by atoms with Crippen LogP contribution in [0.3, 0.4) is 0 Å². The third-order valence-electron chi connectivity index (χ3n) is 6.76. The quantitative estimate of drug-likeness (QED) is 0.273. The van der Waals surface area contributed by atoms with Gasteiger partial charge in [0.1, 0.15) is 47.0 Å². The largest absolute Gasteiger partial charge is 0.489 e. The second-order valence-corrected chi connectivity index (χ2v) is 10.1. The predicted octanol–water partition coefficient (Wildman–Crippen LogP) is 5.31. The van der Waals surface area contributed by atoms with Crippen LogP contribution >= 0.6 is 0 Å². The zero-order chi connectivity index (χ0) is 28.9. The SMILES string of the molecule is CC.Cc1cc(OCc2cnc(C)nc2)cc(Oc2ccc(-n3nc(CC4CN(C)C4)c4ncnc(N)c43)cc2)c1. The van der Waals surface area contributed by atoms with Crippen LogP contribution in [0.1, 0.15) is 36.5 Å². The van der Waals surface area contributed by atoms with Crippen LogP contribution in [-0.4, -0.2) is 54.8 Å². The summed E-state index contributed by atoms with van der Waals surface area (Å²) >= 11 is 0. The Morgan fingerprint density at radius 3 is 2.32 bits per heavy atom. The lowest BCUT2D eigenvalue weighted by atomic mass is 9.95. The van der Waals surface area contributed by atoms with E-state index in [-0.39, 0.29) is 0 Å². The Bertz CT molecular complexity index is 1610. The molecule has 0 saturated carbocycles. The minimum atomic E-state index is 0.377. The number of fused-ring (bicyclic) bond motifs is 1. The van der Waals surface area contributed by atoms with Crippen molar-refractivity contribution in [1.82, 2.24) is 34.6 Å². The molecule has 1 fully saturated rings. The number of benzene rings is 2. The van der Waals surface area contributed by atoms with E-state index in [0.717, 1.165) is 58.9 Å². The van der Waals surface area contributed by atoms with Gasteiger partial charge in [0.15, 0.2) is 5.82 Å². The molecule has 10 nitrogen and oxygen atoms in total. The summed E-state index contributed by atoms with van der Waals surface area (Å²) in [6.07, 6.45) is 5.91. The first-order valence-corrected chi connectivity index (χ1v) is 13.9. The van der Waals surface area contributed by atoms with Crippen LogP contribution in [0.4, 0.5) is 5.82 Å². The molecule has 5 aromatic rings. The molecule has 0 atom stereocenters. The summed E-state index contributed by atoms with van der Waals surface area (Å²) in [6, 6.07) is 13.6. The molecule has 6 rings (SSSR count). The van der Waals surface area contributed by atoms with Gasteiger partial charge in [-0.3, -0.25) is 0 Å². The molecule has 0 spiro atoms. The zero-order valence-corrected chi connectivity index (χ0v) is 24.2. The lowest BCUT2D eigenvalue weighted by molar-refractivity contribution is 0.134. The first-order chi connectivity index (χ1) is 19.9. The van der Waals surface area contributed by atoms with Gasteiger partial charge in [-0.2, -0.15) is 5.10 Å². The molecule has 1 saturated heterocycles. The Hall–Kier alpha value is -4.57. The molecule has 10 heteroatoms. The minimum Gasteiger partial charge on any atom is -0.489 e. The Morgan fingerprint density at radius 1 is 0.902 bits per heavy atom. The van der Waals surface area contributed by atoms with Crippen molar-refractivity contribution < 1.29 is 9.47 Å². The van der Waals surface area contributed by atoms with Crippen LogP contribution < -0.4 is 15.2 Å². The van der Waals surface area contributed by atoms with Gasteiger partial charge in [-0.1, -0.05) is 13.8 Å². The molecule has 0 unspecified atom stereocenters. The molecule has 4 heterocycles. The van der Waals surface area contributed by atoms with Gasteiger partial charge in [0.2, 0.25) is 0 Å². The average molecular weight is 553 g/mol. The number of aryl methyl sites for hydroxylation is 2. The maximum Gasteiger partial charge on any atom is 0.153 e. The number of nitrogens with zero attached hydrogens (tertiary/aromatic N) is 7. The number of aromatic nitrogens is 6. The summed E-state index contributed by atoms with van der Waals surface area (Å²) in [7, 11) is 2.13. The highest BCUT2D eigenvalue weighted by Crippen LogP contribution is 2.31. The lowest BCUT2D eigenvalue weighted by Crippen LogP contribution is -2.44. The molecule has 0 radical (unpaired) electrons. The van der Waals surface area contributed by atoms with Crippen molar-refractivity contribution in [3.63, 3.8) is 0 Å². The lowest BCUT2D eigenvalue weighted by Gasteiger charge is -2.35. The molecule has 3 aromatic heterocycles. The average Bonchev–Trinajstić information content (AvgIpc) is 3.33. The van der Waals surface area contributed by atoms with Crippen LogP contribution in [0.15, 0.2) is 61.2 Å². The molecule has 2 aromatic carbocycles. The van der Waals surface area contributed by atoms with Crippen LogP contribution in [-0.2, 0) is 13.0 Å². The van der Waals surface area contributed by atoms with Crippen molar-refractivity contribution in [3.8, 4) is 22.9 Å². The molecule has 1 aliphatic heterocycles. The Morgan fingerprint density at radius 2 is 1.61 bits per heavy atom. The Balaban J connectivity index is 0.00000165. The fourth-order valence-electron chi connectivity index (χ4n) is 4.89. The molecular formula is C31H36N8O2. The fraction of sp³-hybridized carbons (Fsp3) is 0.323. The van der Waals surface area contributed by atoms with E-state index in [1.165, 1.54) is 6.33 Å². The summed E-state index contributed by atoms with van der Waals surface area (Å²) in [4.78, 5) is 19.5. The maximum atomic E-state index is 6.27. The molecular weight excluding hydrogens is 516 g/mol. The van der Waals surface area contributed by atoms with Crippen molar-refractivity contribution in [3.05, 3.63) is 83.8 Å². The second kappa shape index (κ2) is 12.3. The molecule has 0 amide bonds. The van der Waals surface area contributed by atoms with Gasteiger partial charge in [0.05, 0.1) is 11.4 Å². The summed E-state index contributed by atoms with van der Waals surface area (Å²) in [6.45, 7) is 10.4. The van der Waals surface area contributed by atoms with Gasteiger partial charge in [-0.05, 0) is 75.2 Å². The van der Waals surface area contributed by atoms with Crippen LogP contribution in [0, 0.1) is 19.8 Å².